The molecule has 0 heterocycles. The molecule has 0 aliphatic heterocycles. The third kappa shape index (κ3) is 3.95. The number of hydrogen-bond acceptors (Lipinski definition) is 3. The molecule has 0 aliphatic rings. The molecule has 0 aromatic heterocycles. The van der Waals surface area contributed by atoms with Crippen LogP contribution in [0.3, 0.4) is 0 Å². The summed E-state index contributed by atoms with van der Waals surface area (Å²) in [7, 11) is 0. The topological polar surface area (TPSA) is 96.0 Å². The van der Waals surface area contributed by atoms with Crippen LogP contribution >= 0.6 is 0 Å². The number of benzene rings is 1. The Labute approximate surface area is 118 Å². The highest BCUT2D eigenvalue weighted by molar-refractivity contribution is 5.97. The molecule has 0 bridgehead atoms. The van der Waals surface area contributed by atoms with Crippen LogP contribution in [0.5, 0.6) is 0 Å². The van der Waals surface area contributed by atoms with Crippen LogP contribution in [0, 0.1) is 34.7 Å². The van der Waals surface area contributed by atoms with Crippen molar-refractivity contribution in [2.75, 3.05) is 0 Å². The van der Waals surface area contributed by atoms with E-state index in [1.165, 1.54) is 6.92 Å². The minimum absolute atomic E-state index is 0.0950. The zero-order valence-corrected chi connectivity index (χ0v) is 11.0. The molecule has 0 fully saturated rings. The van der Waals surface area contributed by atoms with Crippen LogP contribution in [0.4, 0.5) is 13.2 Å². The Morgan fingerprint density at radius 1 is 1.33 bits per heavy atom. The number of hydrogen-bond donors (Lipinski definition) is 2. The van der Waals surface area contributed by atoms with Crippen LogP contribution < -0.4 is 11.1 Å². The van der Waals surface area contributed by atoms with Gasteiger partial charge in [-0.3, -0.25) is 9.59 Å². The molecular weight excluding hydrogens is 287 g/mol. The van der Waals surface area contributed by atoms with E-state index in [0.29, 0.717) is 12.1 Å². The second kappa shape index (κ2) is 6.74. The Bertz CT molecular complexity index is 590. The largest absolute Gasteiger partial charge is 0.368 e. The predicted octanol–water partition coefficient (Wildman–Crippen LogP) is 1.24. The van der Waals surface area contributed by atoms with E-state index in [2.05, 4.69) is 5.32 Å². The molecule has 3 N–H and O–H groups in total. The van der Waals surface area contributed by atoms with E-state index in [-0.39, 0.29) is 6.42 Å². The number of nitriles is 1. The van der Waals surface area contributed by atoms with Gasteiger partial charge in [0.1, 0.15) is 29.1 Å². The van der Waals surface area contributed by atoms with Gasteiger partial charge < -0.3 is 11.1 Å². The fourth-order valence-electron chi connectivity index (χ4n) is 1.73. The van der Waals surface area contributed by atoms with Gasteiger partial charge in [0.2, 0.25) is 5.91 Å². The third-order valence-electron chi connectivity index (χ3n) is 2.81. The molecule has 21 heavy (non-hydrogen) atoms. The van der Waals surface area contributed by atoms with Gasteiger partial charge >= 0.3 is 0 Å². The van der Waals surface area contributed by atoms with Crippen molar-refractivity contribution in [1.29, 1.82) is 5.26 Å². The van der Waals surface area contributed by atoms with Gasteiger partial charge in [0.25, 0.3) is 5.91 Å². The lowest BCUT2D eigenvalue weighted by molar-refractivity contribution is -0.120. The monoisotopic (exact) mass is 299 g/mol. The molecule has 8 heteroatoms. The van der Waals surface area contributed by atoms with Crippen LogP contribution in [0.15, 0.2) is 12.1 Å². The highest BCUT2D eigenvalue weighted by Crippen LogP contribution is 2.16. The molecule has 2 amide bonds. The SMILES string of the molecule is C[C@@H](CC#N)[C@@H](NC(=O)c1c(F)cc(F)cc1F)C(N)=O. The second-order valence-electron chi connectivity index (χ2n) is 4.44. The summed E-state index contributed by atoms with van der Waals surface area (Å²) in [6, 6.07) is 1.20. The maximum Gasteiger partial charge on any atom is 0.257 e. The van der Waals surface area contributed by atoms with E-state index in [0.717, 1.165) is 0 Å². The maximum atomic E-state index is 13.5. The first-order valence-corrected chi connectivity index (χ1v) is 5.89. The van der Waals surface area contributed by atoms with Gasteiger partial charge in [0.05, 0.1) is 6.07 Å². The van der Waals surface area contributed by atoms with Crippen molar-refractivity contribution in [3.63, 3.8) is 0 Å². The normalized spacial score (nSPS) is 13.1. The van der Waals surface area contributed by atoms with Crippen molar-refractivity contribution in [2.45, 2.75) is 19.4 Å². The number of nitrogens with zero attached hydrogens (tertiary/aromatic N) is 1. The van der Waals surface area contributed by atoms with Gasteiger partial charge in [0.15, 0.2) is 0 Å². The summed E-state index contributed by atoms with van der Waals surface area (Å²) in [5.41, 5.74) is 4.06. The lowest BCUT2D eigenvalue weighted by Gasteiger charge is -2.20. The zero-order chi connectivity index (χ0) is 16.2. The molecule has 1 aromatic carbocycles. The van der Waals surface area contributed by atoms with E-state index in [1.807, 2.05) is 0 Å². The Morgan fingerprint density at radius 3 is 2.29 bits per heavy atom. The Balaban J connectivity index is 3.04. The Kier molecular flexibility index (Phi) is 5.30. The van der Waals surface area contributed by atoms with Gasteiger partial charge in [-0.15, -0.1) is 0 Å². The van der Waals surface area contributed by atoms with Crippen LogP contribution in [-0.2, 0) is 4.79 Å². The van der Waals surface area contributed by atoms with Gasteiger partial charge in [-0.1, -0.05) is 6.92 Å². The molecule has 0 spiro atoms. The number of amides is 2. The molecule has 2 atom stereocenters. The lowest BCUT2D eigenvalue weighted by Crippen LogP contribution is -2.48. The summed E-state index contributed by atoms with van der Waals surface area (Å²) in [5.74, 6) is -6.83. The average molecular weight is 299 g/mol. The third-order valence-corrected chi connectivity index (χ3v) is 2.81. The summed E-state index contributed by atoms with van der Waals surface area (Å²) in [4.78, 5) is 23.1. The highest BCUT2D eigenvalue weighted by Gasteiger charge is 2.28. The lowest BCUT2D eigenvalue weighted by atomic mass is 9.98. The highest BCUT2D eigenvalue weighted by atomic mass is 19.1. The van der Waals surface area contributed by atoms with Crippen LogP contribution in [0.1, 0.15) is 23.7 Å². The quantitative estimate of drug-likeness (QED) is 0.856. The Morgan fingerprint density at radius 2 is 1.86 bits per heavy atom. The van der Waals surface area contributed by atoms with Crippen LogP contribution in [-0.4, -0.2) is 17.9 Å². The van der Waals surface area contributed by atoms with Crippen molar-refractivity contribution < 1.29 is 22.8 Å². The molecule has 1 rings (SSSR count). The molecule has 0 unspecified atom stereocenters. The van der Waals surface area contributed by atoms with E-state index >= 15 is 0 Å². The van der Waals surface area contributed by atoms with E-state index in [1.54, 1.807) is 6.07 Å². The number of primary amides is 1. The van der Waals surface area contributed by atoms with Gasteiger partial charge in [-0.2, -0.15) is 5.26 Å². The van der Waals surface area contributed by atoms with Gasteiger partial charge in [-0.05, 0) is 5.92 Å². The molecule has 5 nitrogen and oxygen atoms in total. The fourth-order valence-corrected chi connectivity index (χ4v) is 1.73. The number of rotatable bonds is 5. The number of nitrogens with one attached hydrogen (secondary N) is 1. The molecule has 0 aliphatic carbocycles. The minimum Gasteiger partial charge on any atom is -0.368 e. The van der Waals surface area contributed by atoms with Crippen molar-refractivity contribution in [3.05, 3.63) is 35.1 Å². The van der Waals surface area contributed by atoms with Gasteiger partial charge in [0, 0.05) is 18.6 Å². The number of carbonyl (C=O) groups is 2. The maximum absolute atomic E-state index is 13.5. The van der Waals surface area contributed by atoms with E-state index in [9.17, 15) is 22.8 Å². The zero-order valence-electron chi connectivity index (χ0n) is 11.0. The molecule has 1 aromatic rings. The Hall–Kier alpha value is -2.56. The minimum atomic E-state index is -1.40. The first-order valence-electron chi connectivity index (χ1n) is 5.89. The molecule has 0 saturated heterocycles. The summed E-state index contributed by atoms with van der Waals surface area (Å²) >= 11 is 0. The first kappa shape index (κ1) is 16.5. The van der Waals surface area contributed by atoms with Crippen molar-refractivity contribution >= 4 is 11.8 Å². The summed E-state index contributed by atoms with van der Waals surface area (Å²) in [6.07, 6.45) is -0.0950. The standard InChI is InChI=1S/C13H12F3N3O2/c1-6(2-3-17)11(12(18)20)19-13(21)10-8(15)4-7(14)5-9(10)16/h4-6,11H,2H2,1H3,(H2,18,20)(H,19,21)/t6-,11+/m0/s1. The van der Waals surface area contributed by atoms with Crippen LogP contribution in [0.25, 0.3) is 0 Å². The van der Waals surface area contributed by atoms with E-state index in [4.69, 9.17) is 11.0 Å². The van der Waals surface area contributed by atoms with Crippen molar-refractivity contribution in [2.24, 2.45) is 11.7 Å². The van der Waals surface area contributed by atoms with Crippen molar-refractivity contribution in [3.8, 4) is 6.07 Å². The summed E-state index contributed by atoms with van der Waals surface area (Å²) in [6.45, 7) is 1.47. The van der Waals surface area contributed by atoms with Crippen molar-refractivity contribution in [1.82, 2.24) is 5.32 Å². The second-order valence-corrected chi connectivity index (χ2v) is 4.44. The van der Waals surface area contributed by atoms with Crippen LogP contribution in [0.2, 0.25) is 0 Å². The van der Waals surface area contributed by atoms with Gasteiger partial charge in [-0.25, -0.2) is 13.2 Å². The number of nitrogens with two attached hydrogens (primary N) is 1. The molecular formula is C13H12F3N3O2. The molecule has 0 saturated carbocycles. The predicted molar refractivity (Wildman–Crippen MR) is 66.2 cm³/mol. The number of halogens is 3. The number of carbonyl (C=O) groups excluding carboxylic acids is 2. The van der Waals surface area contributed by atoms with E-state index < -0.39 is 46.8 Å². The average Bonchev–Trinajstić information content (AvgIpc) is 2.34. The fraction of sp³-hybridized carbons (Fsp3) is 0.308. The molecule has 0 radical (unpaired) electrons. The molecule has 112 valence electrons. The summed E-state index contributed by atoms with van der Waals surface area (Å²) < 4.78 is 39.7. The smallest absolute Gasteiger partial charge is 0.257 e. The first-order chi connectivity index (χ1) is 9.77. The summed E-state index contributed by atoms with van der Waals surface area (Å²) in [5, 5.41) is 10.6.